The number of aromatic nitrogens is 1. The molecule has 0 amide bonds. The molecule has 0 spiro atoms. The molecule has 31 heavy (non-hydrogen) atoms. The average molecular weight is 491 g/mol. The van der Waals surface area contributed by atoms with Crippen LogP contribution < -0.4 is 10.3 Å². The number of halogens is 3. The highest BCUT2D eigenvalue weighted by molar-refractivity contribution is 9.10. The molecule has 0 N–H and O–H groups in total. The predicted molar refractivity (Wildman–Crippen MR) is 122 cm³/mol. The number of nitrogens with zero attached hydrogens (tertiary/aromatic N) is 2. The first-order chi connectivity index (χ1) is 14.7. The minimum atomic E-state index is -0.685. The Bertz CT molecular complexity index is 1130. The maximum Gasteiger partial charge on any atom is 0.269 e. The first-order valence-electron chi connectivity index (χ1n) is 9.94. The molecule has 0 saturated heterocycles. The number of pyridine rings is 1. The maximum atomic E-state index is 13.9. The lowest BCUT2D eigenvalue weighted by molar-refractivity contribution is 0.296. The second-order valence-corrected chi connectivity index (χ2v) is 8.55. The maximum absolute atomic E-state index is 13.9. The van der Waals surface area contributed by atoms with Gasteiger partial charge in [-0.25, -0.2) is 8.78 Å². The van der Waals surface area contributed by atoms with Crippen LogP contribution in [0.25, 0.3) is 0 Å². The standard InChI is InChI=1S/C24H25BrF2N2O2/c1-16-11-22(31-15-19-7-8-20(26)13-21(19)27)23(25)24(30)29(16)14-18-6-4-5-17(12-18)9-10-28(2)3/h4-8,11-13H,9-10,14-15H2,1-3H3. The highest BCUT2D eigenvalue weighted by atomic mass is 79.9. The molecule has 3 rings (SSSR count). The molecule has 4 nitrogen and oxygen atoms in total. The van der Waals surface area contributed by atoms with Crippen LogP contribution in [-0.4, -0.2) is 30.1 Å². The van der Waals surface area contributed by atoms with Gasteiger partial charge in [0.15, 0.2) is 0 Å². The minimum absolute atomic E-state index is 0.110. The molecular formula is C24H25BrF2N2O2. The lowest BCUT2D eigenvalue weighted by Crippen LogP contribution is -2.24. The Morgan fingerprint density at radius 3 is 2.52 bits per heavy atom. The highest BCUT2D eigenvalue weighted by Gasteiger charge is 2.14. The van der Waals surface area contributed by atoms with Gasteiger partial charge in [-0.05, 0) is 66.6 Å². The smallest absolute Gasteiger partial charge is 0.269 e. The summed E-state index contributed by atoms with van der Waals surface area (Å²) < 4.78 is 34.5. The van der Waals surface area contributed by atoms with Crippen LogP contribution in [0.1, 0.15) is 22.4 Å². The SMILES string of the molecule is Cc1cc(OCc2ccc(F)cc2F)c(Br)c(=O)n1Cc1cccc(CCN(C)C)c1. The van der Waals surface area contributed by atoms with E-state index in [1.165, 1.54) is 17.7 Å². The molecule has 0 aliphatic rings. The van der Waals surface area contributed by atoms with E-state index in [9.17, 15) is 13.6 Å². The summed E-state index contributed by atoms with van der Waals surface area (Å²) in [6.45, 7) is 3.11. The molecule has 7 heteroatoms. The summed E-state index contributed by atoms with van der Waals surface area (Å²) in [5.41, 5.74) is 2.96. The van der Waals surface area contributed by atoms with Gasteiger partial charge in [-0.3, -0.25) is 4.79 Å². The number of ether oxygens (including phenoxy) is 1. The third kappa shape index (κ3) is 6.02. The molecule has 0 bridgehead atoms. The van der Waals surface area contributed by atoms with Crippen LogP contribution in [-0.2, 0) is 19.6 Å². The topological polar surface area (TPSA) is 34.5 Å². The van der Waals surface area contributed by atoms with E-state index in [4.69, 9.17) is 4.74 Å². The summed E-state index contributed by atoms with van der Waals surface area (Å²) in [5, 5.41) is 0. The number of likely N-dealkylation sites (N-methyl/N-ethyl adjacent to an activating group) is 1. The number of hydrogen-bond acceptors (Lipinski definition) is 3. The van der Waals surface area contributed by atoms with Gasteiger partial charge in [-0.2, -0.15) is 0 Å². The van der Waals surface area contributed by atoms with Gasteiger partial charge in [0.05, 0.1) is 6.54 Å². The molecule has 1 aromatic heterocycles. The summed E-state index contributed by atoms with van der Waals surface area (Å²) in [4.78, 5) is 15.1. The Labute approximate surface area is 189 Å². The average Bonchev–Trinajstić information content (AvgIpc) is 2.72. The highest BCUT2D eigenvalue weighted by Crippen LogP contribution is 2.24. The van der Waals surface area contributed by atoms with Crippen LogP contribution in [0, 0.1) is 18.6 Å². The van der Waals surface area contributed by atoms with Crippen molar-refractivity contribution in [3.8, 4) is 5.75 Å². The van der Waals surface area contributed by atoms with Crippen LogP contribution in [0.5, 0.6) is 5.75 Å². The Hall–Kier alpha value is -2.51. The van der Waals surface area contributed by atoms with E-state index >= 15 is 0 Å². The number of rotatable bonds is 8. The fraction of sp³-hybridized carbons (Fsp3) is 0.292. The molecule has 0 aliphatic carbocycles. The van der Waals surface area contributed by atoms with Gasteiger partial charge in [0.1, 0.15) is 28.5 Å². The van der Waals surface area contributed by atoms with Crippen molar-refractivity contribution >= 4 is 15.9 Å². The summed E-state index contributed by atoms with van der Waals surface area (Å²) in [5.74, 6) is -1.01. The van der Waals surface area contributed by atoms with E-state index < -0.39 is 11.6 Å². The van der Waals surface area contributed by atoms with Crippen LogP contribution in [0.4, 0.5) is 8.78 Å². The van der Waals surface area contributed by atoms with Crippen molar-refractivity contribution in [1.82, 2.24) is 9.47 Å². The Morgan fingerprint density at radius 2 is 1.81 bits per heavy atom. The van der Waals surface area contributed by atoms with Crippen molar-refractivity contribution in [1.29, 1.82) is 0 Å². The molecule has 0 saturated carbocycles. The third-order valence-corrected chi connectivity index (χ3v) is 5.72. The zero-order valence-electron chi connectivity index (χ0n) is 17.8. The van der Waals surface area contributed by atoms with E-state index in [-0.39, 0.29) is 22.2 Å². The van der Waals surface area contributed by atoms with Crippen molar-refractivity contribution in [2.75, 3.05) is 20.6 Å². The quantitative estimate of drug-likeness (QED) is 0.449. The van der Waals surface area contributed by atoms with E-state index in [0.29, 0.717) is 12.3 Å². The Balaban J connectivity index is 1.78. The summed E-state index contributed by atoms with van der Waals surface area (Å²) >= 11 is 3.32. The van der Waals surface area contributed by atoms with Crippen LogP contribution in [0.15, 0.2) is 57.8 Å². The molecule has 1 heterocycles. The zero-order valence-corrected chi connectivity index (χ0v) is 19.4. The van der Waals surface area contributed by atoms with Gasteiger partial charge < -0.3 is 14.2 Å². The van der Waals surface area contributed by atoms with Crippen molar-refractivity contribution in [3.63, 3.8) is 0 Å². The lowest BCUT2D eigenvalue weighted by Gasteiger charge is -2.15. The van der Waals surface area contributed by atoms with Gasteiger partial charge in [-0.1, -0.05) is 24.3 Å². The van der Waals surface area contributed by atoms with Gasteiger partial charge in [0.25, 0.3) is 5.56 Å². The number of aryl methyl sites for hydroxylation is 1. The molecule has 0 aliphatic heterocycles. The fourth-order valence-electron chi connectivity index (χ4n) is 3.23. The molecule has 0 fully saturated rings. The molecule has 0 atom stereocenters. The number of benzene rings is 2. The van der Waals surface area contributed by atoms with Crippen molar-refractivity contribution in [2.24, 2.45) is 0 Å². The minimum Gasteiger partial charge on any atom is -0.487 e. The van der Waals surface area contributed by atoms with Crippen LogP contribution >= 0.6 is 15.9 Å². The van der Waals surface area contributed by atoms with Crippen molar-refractivity contribution in [2.45, 2.75) is 26.5 Å². The van der Waals surface area contributed by atoms with E-state index in [0.717, 1.165) is 30.3 Å². The van der Waals surface area contributed by atoms with E-state index in [2.05, 4.69) is 33.0 Å². The molecule has 3 aromatic rings. The van der Waals surface area contributed by atoms with Crippen molar-refractivity contribution < 1.29 is 13.5 Å². The lowest BCUT2D eigenvalue weighted by atomic mass is 10.1. The normalized spacial score (nSPS) is 11.2. The van der Waals surface area contributed by atoms with E-state index in [1.807, 2.05) is 33.2 Å². The summed E-state index contributed by atoms with van der Waals surface area (Å²) in [6.07, 6.45) is 0.936. The second-order valence-electron chi connectivity index (χ2n) is 7.75. The first kappa shape index (κ1) is 23.2. The first-order valence-corrected chi connectivity index (χ1v) is 10.7. The molecule has 0 radical (unpaired) electrons. The molecule has 164 valence electrons. The molecular weight excluding hydrogens is 466 g/mol. The van der Waals surface area contributed by atoms with Crippen molar-refractivity contribution in [3.05, 3.63) is 97.4 Å². The van der Waals surface area contributed by atoms with Gasteiger partial charge in [0, 0.05) is 29.9 Å². The van der Waals surface area contributed by atoms with Crippen LogP contribution in [0.3, 0.4) is 0 Å². The summed E-state index contributed by atoms with van der Waals surface area (Å²) in [7, 11) is 4.08. The third-order valence-electron chi connectivity index (χ3n) is 4.99. The fourth-order valence-corrected chi connectivity index (χ4v) is 3.67. The largest absolute Gasteiger partial charge is 0.487 e. The van der Waals surface area contributed by atoms with E-state index in [1.54, 1.807) is 10.6 Å². The van der Waals surface area contributed by atoms with Gasteiger partial charge in [-0.15, -0.1) is 0 Å². The van der Waals surface area contributed by atoms with Gasteiger partial charge >= 0.3 is 0 Å². The molecule has 2 aromatic carbocycles. The molecule has 0 unspecified atom stereocenters. The zero-order chi connectivity index (χ0) is 22.5. The van der Waals surface area contributed by atoms with Crippen LogP contribution in [0.2, 0.25) is 0 Å². The predicted octanol–water partition coefficient (Wildman–Crippen LogP) is 4.93. The second kappa shape index (κ2) is 10.2. The van der Waals surface area contributed by atoms with Gasteiger partial charge in [0.2, 0.25) is 0 Å². The Morgan fingerprint density at radius 1 is 1.06 bits per heavy atom. The summed E-state index contributed by atoms with van der Waals surface area (Å²) in [6, 6.07) is 13.3. The monoisotopic (exact) mass is 490 g/mol. The Kier molecular flexibility index (Phi) is 7.62. The number of hydrogen-bond donors (Lipinski definition) is 0.